The molecule has 0 fully saturated rings. The number of hydrogen-bond acceptors (Lipinski definition) is 3. The van der Waals surface area contributed by atoms with E-state index in [1.807, 2.05) is 0 Å². The van der Waals surface area contributed by atoms with Crippen molar-refractivity contribution >= 4 is 6.16 Å². The van der Waals surface area contributed by atoms with Gasteiger partial charge in [0, 0.05) is 0 Å². The third-order valence-electron chi connectivity index (χ3n) is 1.27. The Morgan fingerprint density at radius 3 is 2.92 bits per heavy atom. The zero-order valence-electron chi connectivity index (χ0n) is 6.30. The molecule has 12 heavy (non-hydrogen) atoms. The Labute approximate surface area is 67.2 Å². The summed E-state index contributed by atoms with van der Waals surface area (Å²) < 4.78 is 17.0. The maximum Gasteiger partial charge on any atom is 0.512 e. The molecule has 0 saturated carbocycles. The first-order valence-electron chi connectivity index (χ1n) is 3.28. The number of carboxylic acid groups (broad SMARTS) is 1. The zero-order chi connectivity index (χ0) is 9.14. The van der Waals surface area contributed by atoms with Crippen molar-refractivity contribution in [1.82, 2.24) is 10.2 Å². The van der Waals surface area contributed by atoms with Crippen molar-refractivity contribution in [3.05, 3.63) is 11.5 Å². The van der Waals surface area contributed by atoms with Crippen LogP contribution in [-0.4, -0.2) is 21.5 Å². The molecule has 0 aliphatic heterocycles. The van der Waals surface area contributed by atoms with E-state index >= 15 is 0 Å². The molecule has 2 N–H and O–H groups in total. The van der Waals surface area contributed by atoms with Crippen molar-refractivity contribution in [2.75, 3.05) is 0 Å². The standard InChI is InChI=1S/C6H7FN2O3/c1-2-3-4(7)5(9-8-3)12-6(10)11/h2H2,1H3,(H,8,9)(H,10,11). The summed E-state index contributed by atoms with van der Waals surface area (Å²) >= 11 is 0. The van der Waals surface area contributed by atoms with E-state index in [0.717, 1.165) is 0 Å². The van der Waals surface area contributed by atoms with E-state index in [1.54, 1.807) is 6.92 Å². The summed E-state index contributed by atoms with van der Waals surface area (Å²) in [4.78, 5) is 9.98. The Morgan fingerprint density at radius 2 is 2.50 bits per heavy atom. The molecule has 0 unspecified atom stereocenters. The van der Waals surface area contributed by atoms with E-state index in [1.165, 1.54) is 0 Å². The second-order valence-electron chi connectivity index (χ2n) is 2.03. The van der Waals surface area contributed by atoms with Gasteiger partial charge in [0.05, 0.1) is 0 Å². The van der Waals surface area contributed by atoms with Crippen molar-refractivity contribution in [3.8, 4) is 5.88 Å². The number of rotatable bonds is 2. The van der Waals surface area contributed by atoms with Crippen LogP contribution in [0.25, 0.3) is 0 Å². The number of hydrogen-bond donors (Lipinski definition) is 2. The lowest BCUT2D eigenvalue weighted by Crippen LogP contribution is -2.04. The molecular weight excluding hydrogens is 167 g/mol. The van der Waals surface area contributed by atoms with Crippen LogP contribution >= 0.6 is 0 Å². The minimum absolute atomic E-state index is 0.159. The maximum absolute atomic E-state index is 12.9. The molecule has 1 aromatic heterocycles. The normalized spacial score (nSPS) is 9.83. The van der Waals surface area contributed by atoms with Crippen LogP contribution in [0.1, 0.15) is 12.6 Å². The predicted molar refractivity (Wildman–Crippen MR) is 36.6 cm³/mol. The first-order valence-corrected chi connectivity index (χ1v) is 3.28. The average molecular weight is 174 g/mol. The lowest BCUT2D eigenvalue weighted by atomic mass is 10.3. The van der Waals surface area contributed by atoms with Crippen molar-refractivity contribution in [2.24, 2.45) is 0 Å². The lowest BCUT2D eigenvalue weighted by Gasteiger charge is -1.92. The summed E-state index contributed by atoms with van der Waals surface area (Å²) in [7, 11) is 0. The molecular formula is C6H7FN2O3. The fourth-order valence-corrected chi connectivity index (χ4v) is 0.737. The first kappa shape index (κ1) is 8.51. The van der Waals surface area contributed by atoms with Crippen LogP contribution in [0.3, 0.4) is 0 Å². The van der Waals surface area contributed by atoms with Crippen LogP contribution in [0.2, 0.25) is 0 Å². The van der Waals surface area contributed by atoms with Crippen LogP contribution < -0.4 is 4.74 Å². The van der Waals surface area contributed by atoms with Gasteiger partial charge >= 0.3 is 6.16 Å². The van der Waals surface area contributed by atoms with Crippen molar-refractivity contribution in [3.63, 3.8) is 0 Å². The Bertz CT molecular complexity index is 297. The average Bonchev–Trinajstić information content (AvgIpc) is 2.32. The fraction of sp³-hybridized carbons (Fsp3) is 0.333. The van der Waals surface area contributed by atoms with Crippen LogP contribution in [-0.2, 0) is 6.42 Å². The Hall–Kier alpha value is -1.59. The smallest absolute Gasteiger partial charge is 0.449 e. The molecule has 6 heteroatoms. The van der Waals surface area contributed by atoms with E-state index in [9.17, 15) is 9.18 Å². The van der Waals surface area contributed by atoms with E-state index in [0.29, 0.717) is 6.42 Å². The van der Waals surface area contributed by atoms with Gasteiger partial charge in [-0.2, -0.15) is 9.49 Å². The number of aromatic nitrogens is 2. The monoisotopic (exact) mass is 174 g/mol. The molecule has 66 valence electrons. The van der Waals surface area contributed by atoms with E-state index < -0.39 is 17.9 Å². The third-order valence-corrected chi connectivity index (χ3v) is 1.27. The number of nitrogens with zero attached hydrogens (tertiary/aromatic N) is 1. The van der Waals surface area contributed by atoms with Crippen molar-refractivity contribution in [1.29, 1.82) is 0 Å². The van der Waals surface area contributed by atoms with Crippen molar-refractivity contribution in [2.45, 2.75) is 13.3 Å². The molecule has 1 rings (SSSR count). The number of aromatic amines is 1. The van der Waals surface area contributed by atoms with Crippen LogP contribution in [0.4, 0.5) is 9.18 Å². The highest BCUT2D eigenvalue weighted by atomic mass is 19.1. The molecule has 0 aliphatic rings. The van der Waals surface area contributed by atoms with E-state index in [2.05, 4.69) is 14.9 Å². The summed E-state index contributed by atoms with van der Waals surface area (Å²) in [5, 5.41) is 13.8. The zero-order valence-corrected chi connectivity index (χ0v) is 6.30. The summed E-state index contributed by atoms with van der Waals surface area (Å²) in [6.07, 6.45) is -1.19. The first-order chi connectivity index (χ1) is 5.65. The maximum atomic E-state index is 12.9. The quantitative estimate of drug-likeness (QED) is 0.660. The number of carbonyl (C=O) groups is 1. The molecule has 0 radical (unpaired) electrons. The van der Waals surface area contributed by atoms with Crippen LogP contribution in [0.15, 0.2) is 0 Å². The van der Waals surface area contributed by atoms with Gasteiger partial charge in [0.15, 0.2) is 0 Å². The summed E-state index contributed by atoms with van der Waals surface area (Å²) in [6, 6.07) is 0. The van der Waals surface area contributed by atoms with Crippen LogP contribution in [0, 0.1) is 5.82 Å². The highest BCUT2D eigenvalue weighted by molar-refractivity contribution is 5.60. The molecule has 0 spiro atoms. The largest absolute Gasteiger partial charge is 0.512 e. The van der Waals surface area contributed by atoms with Gasteiger partial charge in [-0.3, -0.25) is 0 Å². The van der Waals surface area contributed by atoms with Gasteiger partial charge in [-0.25, -0.2) is 9.89 Å². The molecule has 0 aliphatic carbocycles. The lowest BCUT2D eigenvalue weighted by molar-refractivity contribution is 0.140. The Kier molecular flexibility index (Phi) is 2.27. The number of halogens is 1. The Morgan fingerprint density at radius 1 is 1.83 bits per heavy atom. The molecule has 0 atom stereocenters. The molecule has 0 amide bonds. The topological polar surface area (TPSA) is 75.2 Å². The molecule has 1 heterocycles. The van der Waals surface area contributed by atoms with Gasteiger partial charge in [0.1, 0.15) is 5.69 Å². The SMILES string of the molecule is CCc1n[nH]c(OC(=O)O)c1F. The molecule has 5 nitrogen and oxygen atoms in total. The van der Waals surface area contributed by atoms with Gasteiger partial charge in [0.2, 0.25) is 5.82 Å². The van der Waals surface area contributed by atoms with Gasteiger partial charge in [-0.1, -0.05) is 6.92 Å². The fourth-order valence-electron chi connectivity index (χ4n) is 0.737. The second-order valence-corrected chi connectivity index (χ2v) is 2.03. The number of H-pyrrole nitrogens is 1. The van der Waals surface area contributed by atoms with Gasteiger partial charge in [-0.05, 0) is 6.42 Å². The Balaban J connectivity index is 2.87. The number of ether oxygens (including phenoxy) is 1. The molecule has 0 bridgehead atoms. The highest BCUT2D eigenvalue weighted by Gasteiger charge is 2.14. The minimum atomic E-state index is -1.57. The van der Waals surface area contributed by atoms with Gasteiger partial charge in [0.25, 0.3) is 5.88 Å². The van der Waals surface area contributed by atoms with Crippen LogP contribution in [0.5, 0.6) is 5.88 Å². The molecule has 0 saturated heterocycles. The van der Waals surface area contributed by atoms with E-state index in [4.69, 9.17) is 5.11 Å². The summed E-state index contributed by atoms with van der Waals surface area (Å²) in [5.74, 6) is -1.21. The number of nitrogens with one attached hydrogen (secondary N) is 1. The third kappa shape index (κ3) is 1.52. The highest BCUT2D eigenvalue weighted by Crippen LogP contribution is 2.16. The van der Waals surface area contributed by atoms with Crippen molar-refractivity contribution < 1.29 is 19.0 Å². The summed E-state index contributed by atoms with van der Waals surface area (Å²) in [6.45, 7) is 1.70. The van der Waals surface area contributed by atoms with Gasteiger partial charge < -0.3 is 9.84 Å². The molecule has 1 aromatic rings. The van der Waals surface area contributed by atoms with E-state index in [-0.39, 0.29) is 5.69 Å². The van der Waals surface area contributed by atoms with Gasteiger partial charge in [-0.15, -0.1) is 0 Å². The minimum Gasteiger partial charge on any atom is -0.449 e. The second kappa shape index (κ2) is 3.21. The summed E-state index contributed by atoms with van der Waals surface area (Å²) in [5.41, 5.74) is 0.159. The predicted octanol–water partition coefficient (Wildman–Crippen LogP) is 1.17. The molecule has 0 aromatic carbocycles. The number of aryl methyl sites for hydroxylation is 1.